The highest BCUT2D eigenvalue weighted by molar-refractivity contribution is 5.76. The number of nitrogens with one attached hydrogen (secondary N) is 1. The molecule has 1 N–H and O–H groups in total. The van der Waals surface area contributed by atoms with Crippen molar-refractivity contribution in [3.05, 3.63) is 18.0 Å². The maximum Gasteiger partial charge on any atom is 0.222 e. The highest BCUT2D eigenvalue weighted by Crippen LogP contribution is 2.61. The Bertz CT molecular complexity index is 570. The van der Waals surface area contributed by atoms with Crippen LogP contribution in [0.25, 0.3) is 0 Å². The van der Waals surface area contributed by atoms with Gasteiger partial charge in [0, 0.05) is 30.9 Å². The summed E-state index contributed by atoms with van der Waals surface area (Å²) >= 11 is 0. The molecule has 4 bridgehead atoms. The van der Waals surface area contributed by atoms with Crippen LogP contribution in [-0.4, -0.2) is 21.7 Å². The minimum Gasteiger partial charge on any atom is -0.353 e. The summed E-state index contributed by atoms with van der Waals surface area (Å²) in [5, 5.41) is 7.70. The molecule has 4 aliphatic rings. The summed E-state index contributed by atoms with van der Waals surface area (Å²) < 4.78 is 1.92. The quantitative estimate of drug-likeness (QED) is 0.865. The van der Waals surface area contributed by atoms with E-state index < -0.39 is 0 Å². The molecule has 0 aromatic carbocycles. The Morgan fingerprint density at radius 2 is 1.92 bits per heavy atom. The van der Waals surface area contributed by atoms with Crippen molar-refractivity contribution in [3.63, 3.8) is 0 Å². The van der Waals surface area contributed by atoms with E-state index in [4.69, 9.17) is 0 Å². The van der Waals surface area contributed by atoms with E-state index in [1.54, 1.807) is 6.20 Å². The molecule has 0 saturated heterocycles. The van der Waals surface area contributed by atoms with Gasteiger partial charge >= 0.3 is 0 Å². The average Bonchev–Trinajstić information content (AvgIpc) is 2.94. The van der Waals surface area contributed by atoms with Crippen molar-refractivity contribution in [1.82, 2.24) is 15.1 Å². The Morgan fingerprint density at radius 3 is 2.42 bits per heavy atom. The summed E-state index contributed by atoms with van der Waals surface area (Å²) in [6.45, 7) is 4.97. The SMILES string of the molecule is CCC(NC(=O)CCn1nccc1C)C12CC3CC(CC(C3)C1)C2. The predicted octanol–water partition coefficient (Wildman–Crippen LogP) is 3.69. The third-order valence-corrected chi connectivity index (χ3v) is 7.05. The van der Waals surface area contributed by atoms with Crippen molar-refractivity contribution in [1.29, 1.82) is 0 Å². The molecule has 1 atom stereocenters. The summed E-state index contributed by atoms with van der Waals surface area (Å²) in [6, 6.07) is 2.36. The second kappa shape index (κ2) is 6.20. The zero-order valence-electron chi connectivity index (χ0n) is 15.1. The van der Waals surface area contributed by atoms with Crippen LogP contribution in [0.3, 0.4) is 0 Å². The molecule has 4 nitrogen and oxygen atoms in total. The van der Waals surface area contributed by atoms with Gasteiger partial charge in [-0.25, -0.2) is 0 Å². The van der Waals surface area contributed by atoms with Crippen LogP contribution in [0.15, 0.2) is 12.3 Å². The third kappa shape index (κ3) is 2.89. The molecule has 0 aliphatic heterocycles. The van der Waals surface area contributed by atoms with E-state index in [-0.39, 0.29) is 5.91 Å². The fraction of sp³-hybridized carbons (Fsp3) is 0.800. The second-order valence-electron chi connectivity index (χ2n) is 8.75. The molecule has 1 aromatic rings. The smallest absolute Gasteiger partial charge is 0.222 e. The lowest BCUT2D eigenvalue weighted by Gasteiger charge is -2.59. The number of aryl methyl sites for hydroxylation is 2. The zero-order valence-corrected chi connectivity index (χ0v) is 15.1. The summed E-state index contributed by atoms with van der Waals surface area (Å²) in [7, 11) is 0. The Hall–Kier alpha value is -1.32. The molecule has 0 spiro atoms. The summed E-state index contributed by atoms with van der Waals surface area (Å²) in [5.41, 5.74) is 1.52. The molecule has 4 heteroatoms. The maximum absolute atomic E-state index is 12.6. The van der Waals surface area contributed by atoms with Gasteiger partial charge in [-0.3, -0.25) is 9.48 Å². The van der Waals surface area contributed by atoms with E-state index in [1.807, 2.05) is 17.7 Å². The first-order valence-electron chi connectivity index (χ1n) is 9.86. The van der Waals surface area contributed by atoms with Crippen molar-refractivity contribution in [2.45, 2.75) is 77.8 Å². The van der Waals surface area contributed by atoms with Gasteiger partial charge in [-0.15, -0.1) is 0 Å². The number of rotatable bonds is 6. The van der Waals surface area contributed by atoms with Gasteiger partial charge in [0.05, 0.1) is 0 Å². The highest BCUT2D eigenvalue weighted by Gasteiger charge is 2.53. The average molecular weight is 329 g/mol. The van der Waals surface area contributed by atoms with E-state index in [9.17, 15) is 4.79 Å². The molecule has 132 valence electrons. The standard InChI is InChI=1S/C20H31N3O/c1-3-18(22-19(24)5-7-23-14(2)4-6-21-23)20-11-15-8-16(12-20)10-17(9-15)13-20/h4,6,15-18H,3,5,7-13H2,1-2H3,(H,22,24). The molecule has 1 aromatic heterocycles. The Labute approximate surface area is 145 Å². The van der Waals surface area contributed by atoms with Gasteiger partial charge in [0.1, 0.15) is 0 Å². The molecule has 4 fully saturated rings. The number of aromatic nitrogens is 2. The zero-order chi connectivity index (χ0) is 16.7. The van der Waals surface area contributed by atoms with Gasteiger partial charge in [0.15, 0.2) is 0 Å². The molecule has 1 heterocycles. The first-order valence-corrected chi connectivity index (χ1v) is 9.86. The molecule has 1 amide bonds. The van der Waals surface area contributed by atoms with E-state index in [2.05, 4.69) is 17.3 Å². The van der Waals surface area contributed by atoms with Crippen LogP contribution in [0.2, 0.25) is 0 Å². The van der Waals surface area contributed by atoms with Crippen molar-refractivity contribution >= 4 is 5.91 Å². The minimum absolute atomic E-state index is 0.201. The first-order chi connectivity index (χ1) is 11.6. The summed E-state index contributed by atoms with van der Waals surface area (Å²) in [6.07, 6.45) is 11.9. The molecule has 4 aliphatic carbocycles. The van der Waals surface area contributed by atoms with E-state index in [0.717, 1.165) is 29.9 Å². The van der Waals surface area contributed by atoms with Crippen molar-refractivity contribution in [2.24, 2.45) is 23.2 Å². The molecule has 5 rings (SSSR count). The maximum atomic E-state index is 12.6. The largest absolute Gasteiger partial charge is 0.353 e. The monoisotopic (exact) mass is 329 g/mol. The Balaban J connectivity index is 1.39. The summed E-state index contributed by atoms with van der Waals surface area (Å²) in [4.78, 5) is 12.6. The topological polar surface area (TPSA) is 46.9 Å². The molecule has 24 heavy (non-hydrogen) atoms. The van der Waals surface area contributed by atoms with Gasteiger partial charge in [-0.05, 0) is 81.1 Å². The van der Waals surface area contributed by atoms with Crippen LogP contribution in [-0.2, 0) is 11.3 Å². The van der Waals surface area contributed by atoms with Crippen LogP contribution >= 0.6 is 0 Å². The van der Waals surface area contributed by atoms with Crippen LogP contribution in [0.1, 0.15) is 64.0 Å². The van der Waals surface area contributed by atoms with E-state index >= 15 is 0 Å². The van der Waals surface area contributed by atoms with Gasteiger partial charge < -0.3 is 5.32 Å². The van der Waals surface area contributed by atoms with Gasteiger partial charge in [0.2, 0.25) is 5.91 Å². The number of nitrogens with zero attached hydrogens (tertiary/aromatic N) is 2. The predicted molar refractivity (Wildman–Crippen MR) is 94.4 cm³/mol. The fourth-order valence-electron chi connectivity index (χ4n) is 6.40. The third-order valence-electron chi connectivity index (χ3n) is 7.05. The Kier molecular flexibility index (Phi) is 4.17. The molecular formula is C20H31N3O. The number of hydrogen-bond donors (Lipinski definition) is 1. The van der Waals surface area contributed by atoms with Crippen molar-refractivity contribution in [3.8, 4) is 0 Å². The molecular weight excluding hydrogens is 298 g/mol. The summed E-state index contributed by atoms with van der Waals surface area (Å²) in [5.74, 6) is 3.02. The lowest BCUT2D eigenvalue weighted by atomic mass is 9.47. The van der Waals surface area contributed by atoms with E-state index in [1.165, 1.54) is 38.5 Å². The van der Waals surface area contributed by atoms with Crippen molar-refractivity contribution in [2.75, 3.05) is 0 Å². The molecule has 1 unspecified atom stereocenters. The first kappa shape index (κ1) is 16.2. The number of carbonyl (C=O) groups excluding carboxylic acids is 1. The van der Waals surface area contributed by atoms with Crippen LogP contribution < -0.4 is 5.32 Å². The number of amides is 1. The molecule has 4 saturated carbocycles. The fourth-order valence-corrected chi connectivity index (χ4v) is 6.40. The van der Waals surface area contributed by atoms with Gasteiger partial charge in [-0.2, -0.15) is 5.10 Å². The Morgan fingerprint density at radius 1 is 1.29 bits per heavy atom. The van der Waals surface area contributed by atoms with Crippen molar-refractivity contribution < 1.29 is 4.79 Å². The van der Waals surface area contributed by atoms with Gasteiger partial charge in [-0.1, -0.05) is 6.92 Å². The minimum atomic E-state index is 0.201. The molecule has 0 radical (unpaired) electrons. The van der Waals surface area contributed by atoms with Crippen LogP contribution in [0.5, 0.6) is 0 Å². The lowest BCUT2D eigenvalue weighted by molar-refractivity contribution is -0.126. The number of carbonyl (C=O) groups is 1. The van der Waals surface area contributed by atoms with Gasteiger partial charge in [0.25, 0.3) is 0 Å². The second-order valence-corrected chi connectivity index (χ2v) is 8.75. The number of hydrogen-bond acceptors (Lipinski definition) is 2. The van der Waals surface area contributed by atoms with E-state index in [0.29, 0.717) is 24.4 Å². The van der Waals surface area contributed by atoms with Crippen LogP contribution in [0.4, 0.5) is 0 Å². The highest BCUT2D eigenvalue weighted by atomic mass is 16.1. The lowest BCUT2D eigenvalue weighted by Crippen LogP contribution is -2.56. The van der Waals surface area contributed by atoms with Crippen LogP contribution in [0, 0.1) is 30.1 Å². The normalized spacial score (nSPS) is 35.2.